The highest BCUT2D eigenvalue weighted by atomic mass is 15.1. The molecule has 0 amide bonds. The van der Waals surface area contributed by atoms with Crippen LogP contribution in [0.3, 0.4) is 0 Å². The van der Waals surface area contributed by atoms with Crippen molar-refractivity contribution in [2.45, 2.75) is 45.6 Å². The molecule has 4 heteroatoms. The number of anilines is 1. The molecule has 106 valence electrons. The van der Waals surface area contributed by atoms with Gasteiger partial charge in [0.25, 0.3) is 0 Å². The van der Waals surface area contributed by atoms with Crippen molar-refractivity contribution in [3.8, 4) is 0 Å². The maximum atomic E-state index is 4.54. The van der Waals surface area contributed by atoms with Crippen LogP contribution in [-0.4, -0.2) is 21.1 Å². The number of nitrogens with zero attached hydrogens (tertiary/aromatic N) is 3. The van der Waals surface area contributed by atoms with Gasteiger partial charge in [0.2, 0.25) is 0 Å². The summed E-state index contributed by atoms with van der Waals surface area (Å²) in [5, 5.41) is 3.30. The van der Waals surface area contributed by atoms with Gasteiger partial charge in [-0.25, -0.2) is 9.97 Å². The van der Waals surface area contributed by atoms with E-state index in [2.05, 4.69) is 38.9 Å². The van der Waals surface area contributed by atoms with Crippen LogP contribution in [0.1, 0.15) is 43.1 Å². The number of aryl methyl sites for hydroxylation is 1. The molecule has 20 heavy (non-hydrogen) atoms. The molecule has 2 aromatic rings. The maximum Gasteiger partial charge on any atom is 0.125 e. The minimum absolute atomic E-state index is 0.878. The maximum absolute atomic E-state index is 4.54. The van der Waals surface area contributed by atoms with Crippen molar-refractivity contribution in [2.75, 3.05) is 11.9 Å². The van der Waals surface area contributed by atoms with E-state index < -0.39 is 0 Å². The largest absolute Gasteiger partial charge is 0.370 e. The summed E-state index contributed by atoms with van der Waals surface area (Å²) in [4.78, 5) is 9.01. The highest BCUT2D eigenvalue weighted by molar-refractivity contribution is 5.35. The number of imidazole rings is 1. The molecule has 0 fully saturated rings. The number of pyridine rings is 1. The second kappa shape index (κ2) is 6.07. The van der Waals surface area contributed by atoms with Gasteiger partial charge in [-0.1, -0.05) is 13.0 Å². The molecule has 0 saturated carbocycles. The van der Waals surface area contributed by atoms with E-state index in [-0.39, 0.29) is 0 Å². The van der Waals surface area contributed by atoms with Crippen LogP contribution in [0.25, 0.3) is 0 Å². The molecule has 2 aromatic heterocycles. The highest BCUT2D eigenvalue weighted by Gasteiger charge is 2.15. The lowest BCUT2D eigenvalue weighted by atomic mass is 10.0. The molecule has 0 atom stereocenters. The van der Waals surface area contributed by atoms with Gasteiger partial charge in [0.05, 0.1) is 18.6 Å². The Balaban J connectivity index is 1.70. The summed E-state index contributed by atoms with van der Waals surface area (Å²) in [5.74, 6) is 0.961. The zero-order valence-electron chi connectivity index (χ0n) is 12.1. The van der Waals surface area contributed by atoms with Crippen LogP contribution >= 0.6 is 0 Å². The van der Waals surface area contributed by atoms with Crippen molar-refractivity contribution < 1.29 is 0 Å². The van der Waals surface area contributed by atoms with Crippen LogP contribution in [0.4, 0.5) is 5.82 Å². The predicted molar refractivity (Wildman–Crippen MR) is 81.0 cm³/mol. The molecule has 0 unspecified atom stereocenters. The van der Waals surface area contributed by atoms with Crippen molar-refractivity contribution in [3.63, 3.8) is 0 Å². The van der Waals surface area contributed by atoms with Gasteiger partial charge in [0.15, 0.2) is 0 Å². The zero-order chi connectivity index (χ0) is 13.8. The first-order chi connectivity index (χ1) is 9.86. The molecule has 4 nitrogen and oxygen atoms in total. The number of aromatic nitrogens is 3. The zero-order valence-corrected chi connectivity index (χ0v) is 12.1. The predicted octanol–water partition coefficient (Wildman–Crippen LogP) is 3.03. The second-order valence-corrected chi connectivity index (χ2v) is 5.45. The third-order valence-corrected chi connectivity index (χ3v) is 3.84. The fraction of sp³-hybridized carbons (Fsp3) is 0.500. The van der Waals surface area contributed by atoms with Crippen LogP contribution in [0.5, 0.6) is 0 Å². The number of nitrogens with one attached hydrogen (secondary N) is 1. The Morgan fingerprint density at radius 3 is 2.90 bits per heavy atom. The van der Waals surface area contributed by atoms with Crippen LogP contribution in [0.15, 0.2) is 24.7 Å². The molecule has 0 bridgehead atoms. The van der Waals surface area contributed by atoms with Crippen molar-refractivity contribution in [3.05, 3.63) is 41.6 Å². The van der Waals surface area contributed by atoms with E-state index in [0.717, 1.165) is 31.7 Å². The van der Waals surface area contributed by atoms with Crippen LogP contribution in [-0.2, 0) is 19.4 Å². The summed E-state index contributed by atoms with van der Waals surface area (Å²) in [7, 11) is 0. The third-order valence-electron chi connectivity index (χ3n) is 3.84. The molecule has 1 aliphatic carbocycles. The summed E-state index contributed by atoms with van der Waals surface area (Å²) in [5.41, 5.74) is 3.95. The van der Waals surface area contributed by atoms with Gasteiger partial charge in [0, 0.05) is 18.4 Å². The van der Waals surface area contributed by atoms with Gasteiger partial charge >= 0.3 is 0 Å². The monoisotopic (exact) mass is 270 g/mol. The molecular formula is C16H22N4. The second-order valence-electron chi connectivity index (χ2n) is 5.45. The summed E-state index contributed by atoms with van der Waals surface area (Å²) in [6.07, 6.45) is 9.94. The molecule has 0 radical (unpaired) electrons. The van der Waals surface area contributed by atoms with E-state index in [0.29, 0.717) is 0 Å². The minimum Gasteiger partial charge on any atom is -0.370 e. The van der Waals surface area contributed by atoms with E-state index >= 15 is 0 Å². The van der Waals surface area contributed by atoms with E-state index in [1.807, 2.05) is 12.5 Å². The Hall–Kier alpha value is -1.84. The molecule has 2 heterocycles. The Kier molecular flexibility index (Phi) is 4.00. The van der Waals surface area contributed by atoms with Crippen LogP contribution in [0, 0.1) is 0 Å². The van der Waals surface area contributed by atoms with Crippen molar-refractivity contribution >= 4 is 5.82 Å². The first-order valence-electron chi connectivity index (χ1n) is 7.58. The molecule has 3 rings (SSSR count). The lowest BCUT2D eigenvalue weighted by Gasteiger charge is -2.14. The molecule has 0 spiro atoms. The number of hydrogen-bond donors (Lipinski definition) is 1. The van der Waals surface area contributed by atoms with Crippen LogP contribution in [0.2, 0.25) is 0 Å². The quantitative estimate of drug-likeness (QED) is 0.908. The van der Waals surface area contributed by atoms with Gasteiger partial charge in [-0.3, -0.25) is 0 Å². The summed E-state index contributed by atoms with van der Waals surface area (Å²) in [6, 6.07) is 4.22. The topological polar surface area (TPSA) is 42.7 Å². The summed E-state index contributed by atoms with van der Waals surface area (Å²) in [6.45, 7) is 4.01. The Labute approximate surface area is 120 Å². The van der Waals surface area contributed by atoms with Gasteiger partial charge in [-0.2, -0.15) is 0 Å². The van der Waals surface area contributed by atoms with E-state index in [4.69, 9.17) is 0 Å². The summed E-state index contributed by atoms with van der Waals surface area (Å²) < 4.78 is 2.28. The number of rotatable bonds is 5. The van der Waals surface area contributed by atoms with Gasteiger partial charge < -0.3 is 9.88 Å². The van der Waals surface area contributed by atoms with Crippen molar-refractivity contribution in [2.24, 2.45) is 0 Å². The van der Waals surface area contributed by atoms with E-state index in [9.17, 15) is 0 Å². The Morgan fingerprint density at radius 1 is 1.20 bits per heavy atom. The first-order valence-corrected chi connectivity index (χ1v) is 7.58. The average Bonchev–Trinajstić information content (AvgIpc) is 2.90. The SMILES string of the molecule is CCCNc1ccc(Cn2cnc3c2CCCC3)cn1. The third kappa shape index (κ3) is 2.84. The molecular weight excluding hydrogens is 248 g/mol. The van der Waals surface area contributed by atoms with Gasteiger partial charge in [0.1, 0.15) is 5.82 Å². The average molecular weight is 270 g/mol. The van der Waals surface area contributed by atoms with Gasteiger partial charge in [-0.05, 0) is 43.7 Å². The number of hydrogen-bond acceptors (Lipinski definition) is 3. The Morgan fingerprint density at radius 2 is 2.10 bits per heavy atom. The number of fused-ring (bicyclic) bond motifs is 1. The molecule has 1 N–H and O–H groups in total. The lowest BCUT2D eigenvalue weighted by molar-refractivity contribution is 0.628. The molecule has 0 aromatic carbocycles. The van der Waals surface area contributed by atoms with Crippen LogP contribution < -0.4 is 5.32 Å². The van der Waals surface area contributed by atoms with Crippen molar-refractivity contribution in [1.82, 2.24) is 14.5 Å². The van der Waals surface area contributed by atoms with Crippen molar-refractivity contribution in [1.29, 1.82) is 0 Å². The smallest absolute Gasteiger partial charge is 0.125 e. The molecule has 0 saturated heterocycles. The summed E-state index contributed by atoms with van der Waals surface area (Å²) >= 11 is 0. The molecule has 1 aliphatic rings. The fourth-order valence-electron chi connectivity index (χ4n) is 2.74. The van der Waals surface area contributed by atoms with E-state index in [1.54, 1.807) is 0 Å². The minimum atomic E-state index is 0.878. The van der Waals surface area contributed by atoms with Gasteiger partial charge in [-0.15, -0.1) is 0 Å². The highest BCUT2D eigenvalue weighted by Crippen LogP contribution is 2.20. The standard InChI is InChI=1S/C16H22N4/c1-2-9-17-16-8-7-13(10-18-16)11-20-12-19-14-5-3-4-6-15(14)20/h7-8,10,12H,2-6,9,11H2,1H3,(H,17,18). The molecule has 0 aliphatic heterocycles. The first kappa shape index (κ1) is 13.2. The fourth-order valence-corrected chi connectivity index (χ4v) is 2.74. The van der Waals surface area contributed by atoms with E-state index in [1.165, 1.54) is 36.2 Å². The normalized spacial score (nSPS) is 14.1. The Bertz CT molecular complexity index is 556. The lowest BCUT2D eigenvalue weighted by Crippen LogP contribution is -2.09.